The maximum Gasteiger partial charge on any atom is 0.323 e. The number of rotatable bonds is 10. The molecule has 0 radical (unpaired) electrons. The molecule has 5 aromatic rings. The number of ether oxygens (including phenoxy) is 3. The van der Waals surface area contributed by atoms with Crippen LogP contribution in [0.4, 0.5) is 16.2 Å². The Kier molecular flexibility index (Phi) is 9.08. The second-order valence-electron chi connectivity index (χ2n) is 10.0. The molecule has 2 amide bonds. The number of aromatic nitrogens is 3. The van der Waals surface area contributed by atoms with E-state index in [0.717, 1.165) is 37.8 Å². The highest BCUT2D eigenvalue weighted by atomic mass is 32.2. The molecule has 0 unspecified atom stereocenters. The molecule has 5 rings (SSSR count). The van der Waals surface area contributed by atoms with E-state index in [9.17, 15) is 4.79 Å². The molecular weight excluding hydrogens is 562 g/mol. The standard InChI is InChI=1S/C33H33N5O4S/c1-6-42-33(2,3)30-17-23(16-26(38-30)21-11-8-7-9-12-21)37-32(39)36-22-13-10-14-24(15-22)43-31-25-18-28(40-4)29(41-5)19-27(25)34-20-35-31/h7-20H,6H2,1-5H3,(H2,36,37,38,39). The van der Waals surface area contributed by atoms with Crippen molar-refractivity contribution >= 4 is 40.1 Å². The van der Waals surface area contributed by atoms with E-state index in [0.29, 0.717) is 29.5 Å². The van der Waals surface area contributed by atoms with Crippen molar-refractivity contribution in [2.75, 3.05) is 31.5 Å². The van der Waals surface area contributed by atoms with Crippen molar-refractivity contribution in [3.05, 3.63) is 90.9 Å². The SMILES string of the molecule is CCOC(C)(C)c1cc(NC(=O)Nc2cccc(Sc3ncnc4cc(OC)c(OC)cc34)c2)cc(-c2ccccc2)n1. The summed E-state index contributed by atoms with van der Waals surface area (Å²) in [6.45, 7) is 6.42. The molecule has 0 aliphatic rings. The Morgan fingerprint density at radius 2 is 1.60 bits per heavy atom. The van der Waals surface area contributed by atoms with Crippen LogP contribution in [-0.4, -0.2) is 41.8 Å². The van der Waals surface area contributed by atoms with Crippen molar-refractivity contribution in [1.29, 1.82) is 0 Å². The summed E-state index contributed by atoms with van der Waals surface area (Å²) in [6, 6.07) is 24.4. The lowest BCUT2D eigenvalue weighted by molar-refractivity contribution is -0.0171. The van der Waals surface area contributed by atoms with E-state index < -0.39 is 5.60 Å². The third-order valence-corrected chi connectivity index (χ3v) is 7.69. The number of hydrogen-bond donors (Lipinski definition) is 2. The van der Waals surface area contributed by atoms with Gasteiger partial charge in [-0.25, -0.2) is 19.7 Å². The van der Waals surface area contributed by atoms with E-state index in [2.05, 4.69) is 20.6 Å². The summed E-state index contributed by atoms with van der Waals surface area (Å²) in [6.07, 6.45) is 1.52. The van der Waals surface area contributed by atoms with Crippen LogP contribution in [0.5, 0.6) is 11.5 Å². The second-order valence-corrected chi connectivity index (χ2v) is 11.1. The Morgan fingerprint density at radius 1 is 0.860 bits per heavy atom. The zero-order chi connectivity index (χ0) is 30.4. The van der Waals surface area contributed by atoms with Crippen molar-refractivity contribution in [1.82, 2.24) is 15.0 Å². The number of nitrogens with zero attached hydrogens (tertiary/aromatic N) is 3. The first-order valence-corrected chi connectivity index (χ1v) is 14.6. The van der Waals surface area contributed by atoms with Crippen LogP contribution < -0.4 is 20.1 Å². The van der Waals surface area contributed by atoms with Gasteiger partial charge < -0.3 is 24.8 Å². The van der Waals surface area contributed by atoms with Gasteiger partial charge in [-0.05, 0) is 57.2 Å². The van der Waals surface area contributed by atoms with Crippen LogP contribution in [-0.2, 0) is 10.3 Å². The highest BCUT2D eigenvalue weighted by Crippen LogP contribution is 2.37. The lowest BCUT2D eigenvalue weighted by atomic mass is 10.0. The maximum atomic E-state index is 13.2. The zero-order valence-electron chi connectivity index (χ0n) is 24.7. The summed E-state index contributed by atoms with van der Waals surface area (Å²) in [7, 11) is 3.18. The highest BCUT2D eigenvalue weighted by molar-refractivity contribution is 7.99. The summed E-state index contributed by atoms with van der Waals surface area (Å²) in [4.78, 5) is 27.8. The lowest BCUT2D eigenvalue weighted by Gasteiger charge is -2.25. The molecule has 2 N–H and O–H groups in total. The van der Waals surface area contributed by atoms with Gasteiger partial charge in [-0.3, -0.25) is 0 Å². The van der Waals surface area contributed by atoms with Crippen molar-refractivity contribution in [2.24, 2.45) is 0 Å². The molecule has 0 saturated heterocycles. The van der Waals surface area contributed by atoms with Crippen molar-refractivity contribution in [2.45, 2.75) is 36.3 Å². The quantitative estimate of drug-likeness (QED) is 0.158. The van der Waals surface area contributed by atoms with Crippen molar-refractivity contribution < 1.29 is 19.0 Å². The molecular formula is C33H33N5O4S. The van der Waals surface area contributed by atoms with Gasteiger partial charge in [0.05, 0.1) is 31.1 Å². The third-order valence-electron chi connectivity index (χ3n) is 6.69. The largest absolute Gasteiger partial charge is 0.493 e. The van der Waals surface area contributed by atoms with Crippen LogP contribution in [0.2, 0.25) is 0 Å². The molecule has 3 aromatic carbocycles. The number of methoxy groups -OCH3 is 2. The fourth-order valence-corrected chi connectivity index (χ4v) is 5.51. The summed E-state index contributed by atoms with van der Waals surface area (Å²) < 4.78 is 16.8. The summed E-state index contributed by atoms with van der Waals surface area (Å²) >= 11 is 1.46. The lowest BCUT2D eigenvalue weighted by Crippen LogP contribution is -2.24. The van der Waals surface area contributed by atoms with Crippen LogP contribution in [0.1, 0.15) is 26.5 Å². The molecule has 0 fully saturated rings. The van der Waals surface area contributed by atoms with E-state index >= 15 is 0 Å². The monoisotopic (exact) mass is 595 g/mol. The van der Waals surface area contributed by atoms with Crippen LogP contribution >= 0.6 is 11.8 Å². The number of fused-ring (bicyclic) bond motifs is 1. The van der Waals surface area contributed by atoms with Gasteiger partial charge in [0.15, 0.2) is 11.5 Å². The molecule has 9 nitrogen and oxygen atoms in total. The topological polar surface area (TPSA) is 107 Å². The predicted molar refractivity (Wildman–Crippen MR) is 170 cm³/mol. The van der Waals surface area contributed by atoms with E-state index in [1.807, 2.05) is 99.6 Å². The van der Waals surface area contributed by atoms with E-state index in [1.54, 1.807) is 14.2 Å². The van der Waals surface area contributed by atoms with Gasteiger partial charge in [-0.15, -0.1) is 0 Å². The fraction of sp³-hybridized carbons (Fsp3) is 0.212. The molecule has 0 spiro atoms. The van der Waals surface area contributed by atoms with Crippen LogP contribution in [0.25, 0.3) is 22.2 Å². The van der Waals surface area contributed by atoms with Gasteiger partial charge in [0, 0.05) is 39.9 Å². The van der Waals surface area contributed by atoms with Gasteiger partial charge in [0.1, 0.15) is 17.0 Å². The number of pyridine rings is 1. The van der Waals surface area contributed by atoms with E-state index in [1.165, 1.54) is 18.1 Å². The first kappa shape index (κ1) is 29.8. The normalized spacial score (nSPS) is 11.3. The van der Waals surface area contributed by atoms with Crippen LogP contribution in [0.3, 0.4) is 0 Å². The fourth-order valence-electron chi connectivity index (χ4n) is 4.59. The number of nitrogens with one attached hydrogen (secondary N) is 2. The number of carbonyl (C=O) groups is 1. The number of urea groups is 1. The minimum Gasteiger partial charge on any atom is -0.493 e. The highest BCUT2D eigenvalue weighted by Gasteiger charge is 2.24. The minimum atomic E-state index is -0.641. The molecule has 0 atom stereocenters. The number of anilines is 2. The molecule has 0 aliphatic heterocycles. The van der Waals surface area contributed by atoms with Crippen molar-refractivity contribution in [3.63, 3.8) is 0 Å². The Bertz CT molecular complexity index is 1750. The van der Waals surface area contributed by atoms with Gasteiger partial charge in [-0.1, -0.05) is 48.2 Å². The minimum absolute atomic E-state index is 0.378. The Labute approximate surface area is 255 Å². The smallest absolute Gasteiger partial charge is 0.323 e. The molecule has 2 heterocycles. The van der Waals surface area contributed by atoms with Gasteiger partial charge >= 0.3 is 6.03 Å². The molecule has 0 bridgehead atoms. The molecule has 0 saturated carbocycles. The number of benzene rings is 3. The summed E-state index contributed by atoms with van der Waals surface area (Å²) in [5, 5.41) is 7.50. The molecule has 220 valence electrons. The second kappa shape index (κ2) is 13.1. The maximum absolute atomic E-state index is 13.2. The van der Waals surface area contributed by atoms with Crippen LogP contribution in [0.15, 0.2) is 95.1 Å². The van der Waals surface area contributed by atoms with Crippen molar-refractivity contribution in [3.8, 4) is 22.8 Å². The van der Waals surface area contributed by atoms with E-state index in [4.69, 9.17) is 19.2 Å². The average Bonchev–Trinajstić information content (AvgIpc) is 3.01. The van der Waals surface area contributed by atoms with Gasteiger partial charge in [0.25, 0.3) is 0 Å². The summed E-state index contributed by atoms with van der Waals surface area (Å²) in [5.41, 5.74) is 3.74. The first-order valence-electron chi connectivity index (χ1n) is 13.7. The van der Waals surface area contributed by atoms with E-state index in [-0.39, 0.29) is 6.03 Å². The van der Waals surface area contributed by atoms with Gasteiger partial charge in [-0.2, -0.15) is 0 Å². The van der Waals surface area contributed by atoms with Crippen LogP contribution in [0, 0.1) is 0 Å². The van der Waals surface area contributed by atoms with Gasteiger partial charge in [0.2, 0.25) is 0 Å². The summed E-state index contributed by atoms with van der Waals surface area (Å²) in [5.74, 6) is 1.19. The Hall–Kier alpha value is -4.67. The zero-order valence-corrected chi connectivity index (χ0v) is 25.5. The average molecular weight is 596 g/mol. The predicted octanol–water partition coefficient (Wildman–Crippen LogP) is 7.78. The molecule has 43 heavy (non-hydrogen) atoms. The third kappa shape index (κ3) is 7.04. The Balaban J connectivity index is 1.36. The number of amides is 2. The Morgan fingerprint density at radius 3 is 2.35 bits per heavy atom. The molecule has 10 heteroatoms. The first-order chi connectivity index (χ1) is 20.8. The number of carbonyl (C=O) groups excluding carboxylic acids is 1. The molecule has 2 aromatic heterocycles. The molecule has 0 aliphatic carbocycles. The number of hydrogen-bond acceptors (Lipinski definition) is 8.